The summed E-state index contributed by atoms with van der Waals surface area (Å²) in [6.45, 7) is 5.01. The first-order valence-corrected chi connectivity index (χ1v) is 10.6. The number of H-pyrrole nitrogens is 1. The number of aromatic amines is 1. The van der Waals surface area contributed by atoms with Gasteiger partial charge >= 0.3 is 0 Å². The minimum Gasteiger partial charge on any atom is -0.367 e. The van der Waals surface area contributed by atoms with Crippen molar-refractivity contribution in [1.29, 1.82) is 0 Å². The molecule has 1 unspecified atom stereocenters. The van der Waals surface area contributed by atoms with Gasteiger partial charge in [-0.1, -0.05) is 6.07 Å². The number of pyridine rings is 2. The normalized spacial score (nSPS) is 20.4. The van der Waals surface area contributed by atoms with Crippen molar-refractivity contribution in [3.8, 4) is 0 Å². The summed E-state index contributed by atoms with van der Waals surface area (Å²) < 4.78 is 0. The Kier molecular flexibility index (Phi) is 4.93. The van der Waals surface area contributed by atoms with Gasteiger partial charge in [-0.25, -0.2) is 9.97 Å². The molecule has 3 aromatic rings. The Hall–Kier alpha value is -2.51. The van der Waals surface area contributed by atoms with Crippen LogP contribution in [0.15, 0.2) is 30.6 Å². The van der Waals surface area contributed by atoms with Gasteiger partial charge in [-0.2, -0.15) is 0 Å². The molecule has 1 aliphatic carbocycles. The van der Waals surface area contributed by atoms with Crippen LogP contribution in [0.4, 0.5) is 5.69 Å². The summed E-state index contributed by atoms with van der Waals surface area (Å²) in [5.74, 6) is 0.972. The first-order valence-electron chi connectivity index (χ1n) is 10.6. The summed E-state index contributed by atoms with van der Waals surface area (Å²) in [4.78, 5) is 24.8. The zero-order chi connectivity index (χ0) is 19.8. The minimum atomic E-state index is 0.346. The van der Waals surface area contributed by atoms with Gasteiger partial charge in [0.1, 0.15) is 11.3 Å². The first-order chi connectivity index (χ1) is 14.2. The van der Waals surface area contributed by atoms with Gasteiger partial charge in [0.05, 0.1) is 24.0 Å². The molecule has 4 heterocycles. The number of imidazole rings is 1. The highest BCUT2D eigenvalue weighted by Crippen LogP contribution is 2.33. The van der Waals surface area contributed by atoms with E-state index in [9.17, 15) is 0 Å². The van der Waals surface area contributed by atoms with Gasteiger partial charge in [-0.15, -0.1) is 0 Å². The molecule has 1 N–H and O–H groups in total. The van der Waals surface area contributed by atoms with Gasteiger partial charge in [-0.3, -0.25) is 9.88 Å². The van der Waals surface area contributed by atoms with E-state index in [1.54, 1.807) is 0 Å². The van der Waals surface area contributed by atoms with Crippen LogP contribution in [0, 0.1) is 0 Å². The van der Waals surface area contributed by atoms with Crippen molar-refractivity contribution >= 4 is 16.9 Å². The summed E-state index contributed by atoms with van der Waals surface area (Å²) in [5, 5.41) is 0. The maximum Gasteiger partial charge on any atom is 0.179 e. The number of aryl methyl sites for hydroxylation is 1. The third kappa shape index (κ3) is 3.60. The molecule has 1 fully saturated rings. The van der Waals surface area contributed by atoms with Gasteiger partial charge in [0.2, 0.25) is 0 Å². The molecule has 29 heavy (non-hydrogen) atoms. The third-order valence-corrected chi connectivity index (χ3v) is 6.36. The molecular formula is C22H29N7. The van der Waals surface area contributed by atoms with Gasteiger partial charge < -0.3 is 14.8 Å². The van der Waals surface area contributed by atoms with E-state index in [1.807, 2.05) is 18.5 Å². The topological polar surface area (TPSA) is 64.2 Å². The van der Waals surface area contributed by atoms with Gasteiger partial charge in [0, 0.05) is 38.6 Å². The molecule has 0 radical (unpaired) electrons. The van der Waals surface area contributed by atoms with Crippen LogP contribution in [0.3, 0.4) is 0 Å². The lowest BCUT2D eigenvalue weighted by Crippen LogP contribution is -2.44. The number of aromatic nitrogens is 4. The van der Waals surface area contributed by atoms with E-state index in [0.29, 0.717) is 6.04 Å². The van der Waals surface area contributed by atoms with Crippen molar-refractivity contribution < 1.29 is 0 Å². The van der Waals surface area contributed by atoms with E-state index < -0.39 is 0 Å². The van der Waals surface area contributed by atoms with E-state index in [4.69, 9.17) is 9.97 Å². The lowest BCUT2D eigenvalue weighted by atomic mass is 9.91. The average molecular weight is 392 g/mol. The maximum absolute atomic E-state index is 4.81. The Balaban J connectivity index is 1.38. The van der Waals surface area contributed by atoms with Gasteiger partial charge in [0.25, 0.3) is 0 Å². The zero-order valence-corrected chi connectivity index (χ0v) is 17.3. The quantitative estimate of drug-likeness (QED) is 0.738. The van der Waals surface area contributed by atoms with Crippen molar-refractivity contribution in [2.75, 3.05) is 45.2 Å². The number of nitrogens with zero attached hydrogens (tertiary/aromatic N) is 6. The van der Waals surface area contributed by atoms with Crippen molar-refractivity contribution in [3.05, 3.63) is 47.7 Å². The largest absolute Gasteiger partial charge is 0.367 e. The zero-order valence-electron chi connectivity index (χ0n) is 17.3. The number of fused-ring (bicyclic) bond motifs is 2. The van der Waals surface area contributed by atoms with Crippen LogP contribution < -0.4 is 4.90 Å². The van der Waals surface area contributed by atoms with E-state index in [2.05, 4.69) is 50.9 Å². The number of hydrogen-bond acceptors (Lipinski definition) is 6. The molecule has 7 nitrogen and oxygen atoms in total. The molecule has 7 heteroatoms. The fourth-order valence-corrected chi connectivity index (χ4v) is 4.69. The Bertz CT molecular complexity index is 990. The molecule has 1 saturated heterocycles. The van der Waals surface area contributed by atoms with Crippen LogP contribution in [0.1, 0.15) is 36.0 Å². The van der Waals surface area contributed by atoms with Crippen LogP contribution in [0.25, 0.3) is 11.2 Å². The highest BCUT2D eigenvalue weighted by molar-refractivity contribution is 5.86. The highest BCUT2D eigenvalue weighted by atomic mass is 15.3. The number of likely N-dealkylation sites (N-methyl/N-ethyl adjacent to an activating group) is 1. The summed E-state index contributed by atoms with van der Waals surface area (Å²) >= 11 is 0. The monoisotopic (exact) mass is 391 g/mol. The second-order valence-corrected chi connectivity index (χ2v) is 8.37. The molecule has 3 aromatic heterocycles. The summed E-state index contributed by atoms with van der Waals surface area (Å²) in [6, 6.07) is 6.72. The lowest BCUT2D eigenvalue weighted by Gasteiger charge is -2.34. The number of hydrogen-bond donors (Lipinski definition) is 1. The fourth-order valence-electron chi connectivity index (χ4n) is 4.69. The predicted molar refractivity (Wildman–Crippen MR) is 115 cm³/mol. The van der Waals surface area contributed by atoms with Gasteiger partial charge in [-0.05, 0) is 51.1 Å². The summed E-state index contributed by atoms with van der Waals surface area (Å²) in [7, 11) is 4.36. The van der Waals surface area contributed by atoms with Crippen LogP contribution in [0.5, 0.6) is 0 Å². The first kappa shape index (κ1) is 18.5. The molecule has 1 atom stereocenters. The summed E-state index contributed by atoms with van der Waals surface area (Å²) in [5.41, 5.74) is 5.71. The van der Waals surface area contributed by atoms with Crippen molar-refractivity contribution in [1.82, 2.24) is 29.7 Å². The third-order valence-electron chi connectivity index (χ3n) is 6.36. The number of nitrogens with one attached hydrogen (secondary N) is 1. The number of anilines is 1. The molecule has 0 aromatic carbocycles. The minimum absolute atomic E-state index is 0.346. The fraction of sp³-hybridized carbons (Fsp3) is 0.500. The molecule has 0 spiro atoms. The molecule has 5 rings (SSSR count). The van der Waals surface area contributed by atoms with Crippen LogP contribution >= 0.6 is 0 Å². The molecule has 0 saturated carbocycles. The van der Waals surface area contributed by atoms with E-state index in [-0.39, 0.29) is 0 Å². The highest BCUT2D eigenvalue weighted by Gasteiger charge is 2.26. The Morgan fingerprint density at radius 1 is 1.14 bits per heavy atom. The standard InChI is InChI=1S/C22H29N7/c1-27-11-13-29(14-12-27)18-8-10-24-22-21(18)25-19(26-22)15-28(2)17-7-3-5-16-6-4-9-23-20(16)17/h4,6,8-10,17H,3,5,7,11-15H2,1-2H3,(H,24,25,26). The maximum atomic E-state index is 4.81. The summed E-state index contributed by atoms with van der Waals surface area (Å²) in [6.07, 6.45) is 7.29. The Labute approximate surface area is 171 Å². The van der Waals surface area contributed by atoms with Crippen molar-refractivity contribution in [2.24, 2.45) is 0 Å². The Morgan fingerprint density at radius 3 is 2.86 bits per heavy atom. The van der Waals surface area contributed by atoms with Crippen LogP contribution in [-0.2, 0) is 13.0 Å². The van der Waals surface area contributed by atoms with Crippen molar-refractivity contribution in [3.63, 3.8) is 0 Å². The molecular weight excluding hydrogens is 362 g/mol. The van der Waals surface area contributed by atoms with Gasteiger partial charge in [0.15, 0.2) is 5.65 Å². The second-order valence-electron chi connectivity index (χ2n) is 8.37. The van der Waals surface area contributed by atoms with E-state index in [1.165, 1.54) is 23.4 Å². The number of piperazine rings is 1. The lowest BCUT2D eigenvalue weighted by molar-refractivity contribution is 0.204. The number of rotatable bonds is 4. The second kappa shape index (κ2) is 7.72. The van der Waals surface area contributed by atoms with Crippen LogP contribution in [-0.4, -0.2) is 70.0 Å². The predicted octanol–water partition coefficient (Wildman–Crippen LogP) is 2.61. The Morgan fingerprint density at radius 2 is 2.00 bits per heavy atom. The van der Waals surface area contributed by atoms with Crippen molar-refractivity contribution in [2.45, 2.75) is 31.8 Å². The molecule has 1 aliphatic heterocycles. The molecule has 152 valence electrons. The molecule has 0 amide bonds. The van der Waals surface area contributed by atoms with E-state index in [0.717, 1.165) is 62.6 Å². The molecule has 0 bridgehead atoms. The van der Waals surface area contributed by atoms with Crippen LogP contribution in [0.2, 0.25) is 0 Å². The SMILES string of the molecule is CN1CCN(c2ccnc3nc(CN(C)C4CCCc5cccnc54)[nH]c23)CC1. The molecule has 2 aliphatic rings. The average Bonchev–Trinajstić information content (AvgIpc) is 3.16. The van der Waals surface area contributed by atoms with E-state index >= 15 is 0 Å². The smallest absolute Gasteiger partial charge is 0.179 e.